The highest BCUT2D eigenvalue weighted by molar-refractivity contribution is 6.00. The van der Waals surface area contributed by atoms with Crippen LogP contribution >= 0.6 is 0 Å². The number of amides is 2. The van der Waals surface area contributed by atoms with Crippen molar-refractivity contribution in [2.45, 2.75) is 57.1 Å². The van der Waals surface area contributed by atoms with Gasteiger partial charge in [-0.05, 0) is 61.6 Å². The van der Waals surface area contributed by atoms with Gasteiger partial charge in [-0.2, -0.15) is 13.2 Å². The van der Waals surface area contributed by atoms with Gasteiger partial charge in [0, 0.05) is 36.8 Å². The van der Waals surface area contributed by atoms with Crippen molar-refractivity contribution in [1.82, 2.24) is 20.7 Å². The highest BCUT2D eigenvalue weighted by Crippen LogP contribution is 2.33. The van der Waals surface area contributed by atoms with Gasteiger partial charge in [-0.15, -0.1) is 0 Å². The number of halogens is 3. The second-order valence-electron chi connectivity index (χ2n) is 11.3. The Morgan fingerprint density at radius 3 is 2.47 bits per heavy atom. The van der Waals surface area contributed by atoms with E-state index in [1.54, 1.807) is 29.2 Å². The Morgan fingerprint density at radius 2 is 1.73 bits per heavy atom. The summed E-state index contributed by atoms with van der Waals surface area (Å²) in [4.78, 5) is 28.7. The zero-order chi connectivity index (χ0) is 32.0. The van der Waals surface area contributed by atoms with Gasteiger partial charge in [0.15, 0.2) is 5.76 Å². The summed E-state index contributed by atoms with van der Waals surface area (Å²) < 4.78 is 44.7. The molecule has 0 saturated carbocycles. The van der Waals surface area contributed by atoms with Crippen molar-refractivity contribution in [3.63, 3.8) is 0 Å². The summed E-state index contributed by atoms with van der Waals surface area (Å²) in [6, 6.07) is 21.6. The molecule has 0 spiro atoms. The number of carbonyl (C=O) groups is 2. The van der Waals surface area contributed by atoms with Crippen LogP contribution in [0.2, 0.25) is 0 Å². The third-order valence-corrected chi connectivity index (χ3v) is 7.88. The number of aliphatic hydroxyl groups is 1. The predicted octanol–water partition coefficient (Wildman–Crippen LogP) is 5.47. The summed E-state index contributed by atoms with van der Waals surface area (Å²) in [6.07, 6.45) is -3.64. The number of rotatable bonds is 11. The zero-order valence-electron chi connectivity index (χ0n) is 24.8. The van der Waals surface area contributed by atoms with Crippen LogP contribution in [0.25, 0.3) is 0 Å². The quantitative estimate of drug-likeness (QED) is 0.205. The fourth-order valence-corrected chi connectivity index (χ4v) is 5.57. The number of hydrogen-bond acceptors (Lipinski definition) is 6. The number of benzene rings is 3. The zero-order valence-corrected chi connectivity index (χ0v) is 24.8. The third-order valence-electron chi connectivity index (χ3n) is 7.88. The molecule has 0 bridgehead atoms. The molecule has 1 aliphatic rings. The fraction of sp³-hybridized carbons (Fsp3) is 0.324. The van der Waals surface area contributed by atoms with Gasteiger partial charge < -0.3 is 25.2 Å². The van der Waals surface area contributed by atoms with Gasteiger partial charge >= 0.3 is 6.18 Å². The van der Waals surface area contributed by atoms with Gasteiger partial charge in [-0.25, -0.2) is 0 Å². The number of hydrogen-bond donors (Lipinski definition) is 3. The molecular formula is C34H35F3N4O4. The van der Waals surface area contributed by atoms with Crippen molar-refractivity contribution in [3.05, 3.63) is 124 Å². The van der Waals surface area contributed by atoms with E-state index in [-0.39, 0.29) is 30.6 Å². The smallest absolute Gasteiger partial charge is 0.390 e. The van der Waals surface area contributed by atoms with E-state index in [0.717, 1.165) is 36.2 Å². The highest BCUT2D eigenvalue weighted by atomic mass is 19.4. The van der Waals surface area contributed by atoms with Gasteiger partial charge in [-0.3, -0.25) is 9.59 Å². The maximum Gasteiger partial charge on any atom is 0.416 e. The van der Waals surface area contributed by atoms with Gasteiger partial charge in [0.25, 0.3) is 11.8 Å². The average molecular weight is 621 g/mol. The maximum absolute atomic E-state index is 13.5. The number of aliphatic hydroxyl groups excluding tert-OH is 1. The Hall–Kier alpha value is -4.48. The molecule has 2 heterocycles. The van der Waals surface area contributed by atoms with Crippen LogP contribution in [-0.2, 0) is 19.1 Å². The number of aryl methyl sites for hydroxylation is 1. The first-order valence-electron chi connectivity index (χ1n) is 14.8. The SMILES string of the molecule is Cc1cc(C2CCCN2C(=O)c2cccc(C(=O)N[C@@H](Cc3ccccc3)[C@@H](O)CNCc3cccc(C(F)(F)F)c3)c2)on1. The van der Waals surface area contributed by atoms with Crippen LogP contribution in [0.3, 0.4) is 0 Å². The van der Waals surface area contributed by atoms with E-state index >= 15 is 0 Å². The lowest BCUT2D eigenvalue weighted by Gasteiger charge is -2.25. The van der Waals surface area contributed by atoms with Crippen LogP contribution < -0.4 is 10.6 Å². The molecule has 3 atom stereocenters. The van der Waals surface area contributed by atoms with E-state index in [9.17, 15) is 27.9 Å². The standard InChI is InChI=1S/C34H35F3N4O4/c1-22-16-31(45-40-22)29-14-7-15-41(29)33(44)26-12-6-11-25(19-26)32(43)39-28(18-23-8-3-2-4-9-23)30(42)21-38-20-24-10-5-13-27(17-24)34(35,36)37/h2-6,8-13,16-17,19,28-30,38,42H,7,14-15,18,20-21H2,1H3,(H,39,43)/t28-,29?,30-/m0/s1. The minimum absolute atomic E-state index is 0.0179. The second-order valence-corrected chi connectivity index (χ2v) is 11.3. The number of nitrogens with zero attached hydrogens (tertiary/aromatic N) is 2. The Bertz CT molecular complexity index is 1610. The molecule has 1 fully saturated rings. The van der Waals surface area contributed by atoms with Gasteiger partial charge in [-0.1, -0.05) is 59.8 Å². The molecule has 1 saturated heterocycles. The Labute approximate surface area is 259 Å². The normalized spacial score (nSPS) is 16.4. The summed E-state index contributed by atoms with van der Waals surface area (Å²) in [7, 11) is 0. The van der Waals surface area contributed by atoms with Crippen LogP contribution in [-0.4, -0.2) is 52.2 Å². The molecule has 1 aliphatic heterocycles. The monoisotopic (exact) mass is 620 g/mol. The van der Waals surface area contributed by atoms with Crippen LogP contribution in [0, 0.1) is 6.92 Å². The first-order valence-corrected chi connectivity index (χ1v) is 14.8. The predicted molar refractivity (Wildman–Crippen MR) is 161 cm³/mol. The lowest BCUT2D eigenvalue weighted by molar-refractivity contribution is -0.137. The number of likely N-dealkylation sites (tertiary alicyclic amines) is 1. The summed E-state index contributed by atoms with van der Waals surface area (Å²) in [5.41, 5.74) is 1.90. The van der Waals surface area contributed by atoms with Crippen molar-refractivity contribution in [1.29, 1.82) is 0 Å². The van der Waals surface area contributed by atoms with Gasteiger partial charge in [0.1, 0.15) is 0 Å². The lowest BCUT2D eigenvalue weighted by atomic mass is 10.00. The summed E-state index contributed by atoms with van der Waals surface area (Å²) in [6.45, 7) is 2.50. The minimum Gasteiger partial charge on any atom is -0.390 e. The third kappa shape index (κ3) is 8.17. The maximum atomic E-state index is 13.5. The van der Waals surface area contributed by atoms with Crippen molar-refractivity contribution < 1.29 is 32.4 Å². The molecule has 4 aromatic rings. The Balaban J connectivity index is 1.26. The average Bonchev–Trinajstić information content (AvgIpc) is 3.70. The number of nitrogens with one attached hydrogen (secondary N) is 2. The molecule has 0 radical (unpaired) electrons. The molecule has 3 aromatic carbocycles. The topological polar surface area (TPSA) is 108 Å². The molecule has 2 amide bonds. The van der Waals surface area contributed by atoms with Crippen LogP contribution in [0.1, 0.15) is 67.7 Å². The summed E-state index contributed by atoms with van der Waals surface area (Å²) in [5, 5.41) is 21.0. The lowest BCUT2D eigenvalue weighted by Crippen LogP contribution is -2.48. The number of aromatic nitrogens is 1. The molecule has 8 nitrogen and oxygen atoms in total. The second kappa shape index (κ2) is 14.1. The number of carbonyl (C=O) groups excluding carboxylic acids is 2. The first-order chi connectivity index (χ1) is 21.6. The first kappa shape index (κ1) is 31.9. The summed E-state index contributed by atoms with van der Waals surface area (Å²) >= 11 is 0. The van der Waals surface area contributed by atoms with Crippen LogP contribution in [0.15, 0.2) is 89.5 Å². The molecule has 0 aliphatic carbocycles. The molecule has 236 valence electrons. The highest BCUT2D eigenvalue weighted by Gasteiger charge is 2.34. The van der Waals surface area contributed by atoms with Crippen molar-refractivity contribution in [2.24, 2.45) is 0 Å². The molecule has 3 N–H and O–H groups in total. The van der Waals surface area contributed by atoms with E-state index in [1.165, 1.54) is 12.1 Å². The van der Waals surface area contributed by atoms with Gasteiger partial charge in [0.2, 0.25) is 0 Å². The van der Waals surface area contributed by atoms with Crippen molar-refractivity contribution >= 4 is 11.8 Å². The van der Waals surface area contributed by atoms with E-state index in [1.807, 2.05) is 43.3 Å². The molecule has 1 aromatic heterocycles. The molecule has 1 unspecified atom stereocenters. The van der Waals surface area contributed by atoms with E-state index < -0.39 is 29.8 Å². The van der Waals surface area contributed by atoms with E-state index in [2.05, 4.69) is 15.8 Å². The minimum atomic E-state index is -4.45. The number of alkyl halides is 3. The molecule has 45 heavy (non-hydrogen) atoms. The molecule has 5 rings (SSSR count). The molecular weight excluding hydrogens is 585 g/mol. The largest absolute Gasteiger partial charge is 0.416 e. The van der Waals surface area contributed by atoms with E-state index in [4.69, 9.17) is 4.52 Å². The fourth-order valence-electron chi connectivity index (χ4n) is 5.57. The van der Waals surface area contributed by atoms with E-state index in [0.29, 0.717) is 29.9 Å². The van der Waals surface area contributed by atoms with Gasteiger partial charge in [0.05, 0.1) is 29.4 Å². The molecule has 11 heteroatoms. The van der Waals surface area contributed by atoms with Crippen LogP contribution in [0.4, 0.5) is 13.2 Å². The summed E-state index contributed by atoms with van der Waals surface area (Å²) in [5.74, 6) is -0.0566. The van der Waals surface area contributed by atoms with Crippen molar-refractivity contribution in [3.8, 4) is 0 Å². The van der Waals surface area contributed by atoms with Crippen molar-refractivity contribution in [2.75, 3.05) is 13.1 Å². The Morgan fingerprint density at radius 1 is 1.00 bits per heavy atom. The van der Waals surface area contributed by atoms with Crippen LogP contribution in [0.5, 0.6) is 0 Å². The Kier molecular flexibility index (Phi) is 9.99.